The molecule has 7 heteroatoms. The Morgan fingerprint density at radius 3 is 2.87 bits per heavy atom. The molecule has 1 N–H and O–H groups in total. The molecule has 7 nitrogen and oxygen atoms in total. The number of nitrogens with one attached hydrogen (secondary N) is 1. The molecule has 0 spiro atoms. The Morgan fingerprint density at radius 2 is 2.06 bits per heavy atom. The van der Waals surface area contributed by atoms with Gasteiger partial charge in [-0.2, -0.15) is 4.98 Å². The second-order valence-electron chi connectivity index (χ2n) is 7.90. The highest BCUT2D eigenvalue weighted by Crippen LogP contribution is 2.32. The first-order valence-corrected chi connectivity index (χ1v) is 10.8. The van der Waals surface area contributed by atoms with Crippen LogP contribution in [0.2, 0.25) is 0 Å². The summed E-state index contributed by atoms with van der Waals surface area (Å²) in [6.07, 6.45) is 1.84. The molecule has 1 aliphatic heterocycles. The van der Waals surface area contributed by atoms with Crippen molar-refractivity contribution in [1.29, 1.82) is 0 Å². The molecule has 0 saturated heterocycles. The number of hydrogen-bond acceptors (Lipinski definition) is 6. The third-order valence-electron chi connectivity index (χ3n) is 5.23. The highest BCUT2D eigenvalue weighted by molar-refractivity contribution is 5.97. The van der Waals surface area contributed by atoms with Gasteiger partial charge < -0.3 is 19.5 Å². The van der Waals surface area contributed by atoms with Gasteiger partial charge in [0.2, 0.25) is 11.7 Å². The number of ether oxygens (including phenoxy) is 1. The van der Waals surface area contributed by atoms with Crippen LogP contribution >= 0.6 is 0 Å². The van der Waals surface area contributed by atoms with Crippen molar-refractivity contribution >= 4 is 11.6 Å². The van der Waals surface area contributed by atoms with Gasteiger partial charge in [-0.25, -0.2) is 0 Å². The zero-order valence-corrected chi connectivity index (χ0v) is 18.2. The second-order valence-corrected chi connectivity index (χ2v) is 7.90. The third kappa shape index (κ3) is 4.55. The van der Waals surface area contributed by atoms with Gasteiger partial charge >= 0.3 is 0 Å². The molecule has 0 aliphatic carbocycles. The fraction of sp³-hybridized carbons (Fsp3) is 0.375. The fourth-order valence-corrected chi connectivity index (χ4v) is 3.94. The van der Waals surface area contributed by atoms with Crippen LogP contribution in [-0.2, 0) is 13.0 Å². The van der Waals surface area contributed by atoms with E-state index >= 15 is 0 Å². The maximum Gasteiger partial charge on any atom is 0.251 e. The molecule has 1 amide bonds. The molecule has 0 radical (unpaired) electrons. The number of aromatic nitrogens is 2. The van der Waals surface area contributed by atoms with E-state index in [-0.39, 0.29) is 11.9 Å². The number of benzene rings is 2. The molecule has 1 aliphatic rings. The highest BCUT2D eigenvalue weighted by Gasteiger charge is 2.24. The summed E-state index contributed by atoms with van der Waals surface area (Å²) >= 11 is 0. The first-order valence-electron chi connectivity index (χ1n) is 10.8. The molecule has 4 rings (SSSR count). The van der Waals surface area contributed by atoms with E-state index in [4.69, 9.17) is 9.26 Å². The van der Waals surface area contributed by atoms with E-state index in [1.165, 1.54) is 0 Å². The van der Waals surface area contributed by atoms with Crippen molar-refractivity contribution in [2.45, 2.75) is 46.2 Å². The Hall–Kier alpha value is -3.35. The topological polar surface area (TPSA) is 80.5 Å². The molecule has 2 aromatic carbocycles. The summed E-state index contributed by atoms with van der Waals surface area (Å²) in [6, 6.07) is 13.7. The SMILES string of the molecule is CCOc1ccccc1-c1noc(CN2CCCc3c(C(=O)NC(C)C)cccc32)n1. The molecule has 0 fully saturated rings. The number of fused-ring (bicyclic) bond motifs is 1. The van der Waals surface area contributed by atoms with Crippen LogP contribution in [0.4, 0.5) is 5.69 Å². The van der Waals surface area contributed by atoms with E-state index in [2.05, 4.69) is 26.4 Å². The molecule has 1 aromatic heterocycles. The molecule has 2 heterocycles. The summed E-state index contributed by atoms with van der Waals surface area (Å²) in [5.74, 6) is 1.76. The number of carbonyl (C=O) groups is 1. The van der Waals surface area contributed by atoms with Gasteiger partial charge in [-0.05, 0) is 63.4 Å². The van der Waals surface area contributed by atoms with E-state index in [0.717, 1.165) is 47.5 Å². The summed E-state index contributed by atoms with van der Waals surface area (Å²) in [5, 5.41) is 7.17. The zero-order chi connectivity index (χ0) is 21.8. The average molecular weight is 421 g/mol. The van der Waals surface area contributed by atoms with E-state index in [1.54, 1.807) is 0 Å². The lowest BCUT2D eigenvalue weighted by molar-refractivity contribution is 0.0942. The molecular formula is C24H28N4O3. The molecule has 3 aromatic rings. The van der Waals surface area contributed by atoms with Crippen molar-refractivity contribution in [3.8, 4) is 17.1 Å². The van der Waals surface area contributed by atoms with Gasteiger partial charge in [0.05, 0.1) is 18.7 Å². The van der Waals surface area contributed by atoms with Crippen molar-refractivity contribution in [1.82, 2.24) is 15.5 Å². The maximum atomic E-state index is 12.7. The minimum absolute atomic E-state index is 0.0266. The van der Waals surface area contributed by atoms with Gasteiger partial charge in [-0.15, -0.1) is 0 Å². The minimum Gasteiger partial charge on any atom is -0.493 e. The lowest BCUT2D eigenvalue weighted by Crippen LogP contribution is -2.34. The third-order valence-corrected chi connectivity index (χ3v) is 5.23. The Morgan fingerprint density at radius 1 is 1.23 bits per heavy atom. The molecule has 31 heavy (non-hydrogen) atoms. The average Bonchev–Trinajstić information content (AvgIpc) is 3.22. The predicted octanol–water partition coefficient (Wildman–Crippen LogP) is 4.23. The van der Waals surface area contributed by atoms with Crippen molar-refractivity contribution in [3.63, 3.8) is 0 Å². The van der Waals surface area contributed by atoms with E-state index in [1.807, 2.05) is 57.2 Å². The summed E-state index contributed by atoms with van der Waals surface area (Å²) in [6.45, 7) is 7.81. The van der Waals surface area contributed by atoms with E-state index in [0.29, 0.717) is 24.9 Å². The number of amides is 1. The van der Waals surface area contributed by atoms with Crippen LogP contribution in [0.25, 0.3) is 11.4 Å². The maximum absolute atomic E-state index is 12.7. The van der Waals surface area contributed by atoms with Gasteiger partial charge in [0.1, 0.15) is 5.75 Å². The predicted molar refractivity (Wildman–Crippen MR) is 119 cm³/mol. The Balaban J connectivity index is 1.57. The second kappa shape index (κ2) is 9.20. The molecule has 0 bridgehead atoms. The molecule has 0 unspecified atom stereocenters. The van der Waals surface area contributed by atoms with Crippen molar-refractivity contribution in [3.05, 3.63) is 59.5 Å². The number of nitrogens with zero attached hydrogens (tertiary/aromatic N) is 3. The van der Waals surface area contributed by atoms with Crippen LogP contribution in [-0.4, -0.2) is 35.2 Å². The first-order chi connectivity index (χ1) is 15.1. The first kappa shape index (κ1) is 20.9. The minimum atomic E-state index is -0.0266. The van der Waals surface area contributed by atoms with Crippen LogP contribution in [0.5, 0.6) is 5.75 Å². The van der Waals surface area contributed by atoms with E-state index < -0.39 is 0 Å². The molecular weight excluding hydrogens is 392 g/mol. The fourth-order valence-electron chi connectivity index (χ4n) is 3.94. The number of hydrogen-bond donors (Lipinski definition) is 1. The summed E-state index contributed by atoms with van der Waals surface area (Å²) in [7, 11) is 0. The normalized spacial score (nSPS) is 13.2. The summed E-state index contributed by atoms with van der Waals surface area (Å²) in [5.41, 5.74) is 3.68. The lowest BCUT2D eigenvalue weighted by atomic mass is 9.95. The smallest absolute Gasteiger partial charge is 0.251 e. The Labute approximate surface area is 182 Å². The van der Waals surface area contributed by atoms with E-state index in [9.17, 15) is 4.79 Å². The monoisotopic (exact) mass is 420 g/mol. The van der Waals surface area contributed by atoms with Gasteiger partial charge in [-0.3, -0.25) is 4.79 Å². The number of carbonyl (C=O) groups excluding carboxylic acids is 1. The van der Waals surface area contributed by atoms with Crippen LogP contribution in [0, 0.1) is 0 Å². The number of anilines is 1. The van der Waals surface area contributed by atoms with Gasteiger partial charge in [0, 0.05) is 23.8 Å². The zero-order valence-electron chi connectivity index (χ0n) is 18.2. The summed E-state index contributed by atoms with van der Waals surface area (Å²) in [4.78, 5) is 19.5. The van der Waals surface area contributed by atoms with Crippen LogP contribution < -0.4 is 15.0 Å². The van der Waals surface area contributed by atoms with Crippen LogP contribution in [0.3, 0.4) is 0 Å². The lowest BCUT2D eigenvalue weighted by Gasteiger charge is -2.31. The van der Waals surface area contributed by atoms with Crippen LogP contribution in [0.15, 0.2) is 47.0 Å². The van der Waals surface area contributed by atoms with Crippen molar-refractivity contribution in [2.24, 2.45) is 0 Å². The van der Waals surface area contributed by atoms with Gasteiger partial charge in [0.25, 0.3) is 5.91 Å². The van der Waals surface area contributed by atoms with Gasteiger partial charge in [-0.1, -0.05) is 23.4 Å². The number of para-hydroxylation sites is 1. The summed E-state index contributed by atoms with van der Waals surface area (Å²) < 4.78 is 11.3. The Bertz CT molecular complexity index is 1060. The quantitative estimate of drug-likeness (QED) is 0.616. The highest BCUT2D eigenvalue weighted by atomic mass is 16.5. The molecule has 0 saturated carbocycles. The largest absolute Gasteiger partial charge is 0.493 e. The standard InChI is InChI=1S/C24H28N4O3/c1-4-30-21-13-6-5-9-19(21)23-26-22(31-27-23)15-28-14-8-11-17-18(10-7-12-20(17)28)24(29)25-16(2)3/h5-7,9-10,12-13,16H,4,8,11,14-15H2,1-3H3,(H,25,29). The van der Waals surface area contributed by atoms with Crippen LogP contribution in [0.1, 0.15) is 49.0 Å². The van der Waals surface area contributed by atoms with Crippen molar-refractivity contribution in [2.75, 3.05) is 18.1 Å². The molecule has 162 valence electrons. The Kier molecular flexibility index (Phi) is 6.21. The number of rotatable bonds is 7. The van der Waals surface area contributed by atoms with Crippen molar-refractivity contribution < 1.29 is 14.1 Å². The molecule has 0 atom stereocenters. The van der Waals surface area contributed by atoms with Gasteiger partial charge in [0.15, 0.2) is 0 Å².